The first kappa shape index (κ1) is 7.50. The third-order valence-corrected chi connectivity index (χ3v) is 0.489. The fourth-order valence-electron chi connectivity index (χ4n) is 0.226. The first-order chi connectivity index (χ1) is 3.77. The van der Waals surface area contributed by atoms with Gasteiger partial charge in [0.25, 0.3) is 0 Å². The Kier molecular flexibility index (Phi) is 4.36. The van der Waals surface area contributed by atoms with Crippen molar-refractivity contribution in [1.29, 1.82) is 0 Å². The lowest BCUT2D eigenvalue weighted by Gasteiger charge is -1.99. The van der Waals surface area contributed by atoms with Gasteiger partial charge in [-0.15, -0.1) is 0 Å². The lowest BCUT2D eigenvalue weighted by atomic mass is 10.5. The normalized spacial score (nSPS) is 8.75. The zero-order valence-electron chi connectivity index (χ0n) is 5.44. The summed E-state index contributed by atoms with van der Waals surface area (Å²) in [6, 6.07) is 0. The molecule has 48 valence electrons. The summed E-state index contributed by atoms with van der Waals surface area (Å²) in [6.45, 7) is 7.87. The van der Waals surface area contributed by atoms with Gasteiger partial charge in [0.05, 0.1) is 6.61 Å². The summed E-state index contributed by atoms with van der Waals surface area (Å²) in [5.41, 5.74) is 0. The van der Waals surface area contributed by atoms with Crippen molar-refractivity contribution in [2.24, 2.45) is 0 Å². The van der Waals surface area contributed by atoms with Crippen LogP contribution >= 0.6 is 0 Å². The van der Waals surface area contributed by atoms with Gasteiger partial charge in [-0.05, 0) is 13.3 Å². The SMILES string of the molecule is C=C(C)OOCCC. The van der Waals surface area contributed by atoms with E-state index in [1.807, 2.05) is 6.92 Å². The molecular formula is C6H12O2. The van der Waals surface area contributed by atoms with Gasteiger partial charge in [0.1, 0.15) is 5.76 Å². The first-order valence-electron chi connectivity index (χ1n) is 2.72. The zero-order valence-corrected chi connectivity index (χ0v) is 5.44. The maximum absolute atomic E-state index is 4.64. The molecule has 0 N–H and O–H groups in total. The fourth-order valence-corrected chi connectivity index (χ4v) is 0.226. The number of allylic oxidation sites excluding steroid dienone is 1. The minimum Gasteiger partial charge on any atom is -0.343 e. The average molecular weight is 116 g/mol. The molecule has 0 aliphatic heterocycles. The quantitative estimate of drug-likeness (QED) is 0.241. The van der Waals surface area contributed by atoms with Crippen molar-refractivity contribution in [2.45, 2.75) is 20.3 Å². The van der Waals surface area contributed by atoms with Crippen molar-refractivity contribution in [2.75, 3.05) is 6.61 Å². The predicted molar refractivity (Wildman–Crippen MR) is 32.1 cm³/mol. The number of hydrogen-bond donors (Lipinski definition) is 0. The van der Waals surface area contributed by atoms with Crippen LogP contribution in [-0.2, 0) is 9.78 Å². The average Bonchev–Trinajstić information content (AvgIpc) is 1.66. The molecule has 0 bridgehead atoms. The smallest absolute Gasteiger partial charge is 0.132 e. The molecule has 0 atom stereocenters. The lowest BCUT2D eigenvalue weighted by molar-refractivity contribution is -0.260. The van der Waals surface area contributed by atoms with Gasteiger partial charge >= 0.3 is 0 Å². The van der Waals surface area contributed by atoms with Crippen LogP contribution in [0.4, 0.5) is 0 Å². The van der Waals surface area contributed by atoms with Crippen LogP contribution in [0.3, 0.4) is 0 Å². The molecule has 0 radical (unpaired) electrons. The molecule has 2 nitrogen and oxygen atoms in total. The molecule has 2 heteroatoms. The number of rotatable bonds is 4. The van der Waals surface area contributed by atoms with Gasteiger partial charge in [0.2, 0.25) is 0 Å². The Bertz CT molecular complexity index is 68.9. The van der Waals surface area contributed by atoms with Crippen LogP contribution in [0.1, 0.15) is 20.3 Å². The van der Waals surface area contributed by atoms with Gasteiger partial charge in [-0.2, -0.15) is 4.89 Å². The molecular weight excluding hydrogens is 104 g/mol. The Morgan fingerprint density at radius 3 is 2.62 bits per heavy atom. The van der Waals surface area contributed by atoms with E-state index in [4.69, 9.17) is 0 Å². The minimum atomic E-state index is 0.596. The van der Waals surface area contributed by atoms with Crippen molar-refractivity contribution in [1.82, 2.24) is 0 Å². The molecule has 0 fully saturated rings. The Labute approximate surface area is 50.0 Å². The van der Waals surface area contributed by atoms with Crippen LogP contribution in [-0.4, -0.2) is 6.61 Å². The van der Waals surface area contributed by atoms with Gasteiger partial charge < -0.3 is 4.89 Å². The Balaban J connectivity index is 2.82. The highest BCUT2D eigenvalue weighted by Crippen LogP contribution is 1.91. The van der Waals surface area contributed by atoms with Crippen LogP contribution in [0.25, 0.3) is 0 Å². The highest BCUT2D eigenvalue weighted by Gasteiger charge is 1.83. The third kappa shape index (κ3) is 5.50. The largest absolute Gasteiger partial charge is 0.343 e. The highest BCUT2D eigenvalue weighted by atomic mass is 17.2. The molecule has 0 unspecified atom stereocenters. The second-order valence-corrected chi connectivity index (χ2v) is 1.61. The van der Waals surface area contributed by atoms with E-state index in [9.17, 15) is 0 Å². The zero-order chi connectivity index (χ0) is 6.41. The molecule has 0 aromatic carbocycles. The summed E-state index contributed by atoms with van der Waals surface area (Å²) in [7, 11) is 0. The molecule has 0 aliphatic rings. The van der Waals surface area contributed by atoms with Crippen molar-refractivity contribution in [3.05, 3.63) is 12.3 Å². The summed E-state index contributed by atoms with van der Waals surface area (Å²) in [5, 5.41) is 0. The molecule has 0 amide bonds. The second-order valence-electron chi connectivity index (χ2n) is 1.61. The second kappa shape index (κ2) is 4.65. The van der Waals surface area contributed by atoms with E-state index >= 15 is 0 Å². The maximum atomic E-state index is 4.64. The molecule has 0 saturated heterocycles. The van der Waals surface area contributed by atoms with Gasteiger partial charge in [-0.1, -0.05) is 13.5 Å². The summed E-state index contributed by atoms with van der Waals surface area (Å²) >= 11 is 0. The van der Waals surface area contributed by atoms with Gasteiger partial charge in [-0.25, -0.2) is 0 Å². The Morgan fingerprint density at radius 1 is 1.62 bits per heavy atom. The monoisotopic (exact) mass is 116 g/mol. The molecule has 0 spiro atoms. The van der Waals surface area contributed by atoms with E-state index in [1.165, 1.54) is 0 Å². The first-order valence-corrected chi connectivity index (χ1v) is 2.72. The maximum Gasteiger partial charge on any atom is 0.132 e. The highest BCUT2D eigenvalue weighted by molar-refractivity contribution is 4.70. The van der Waals surface area contributed by atoms with Crippen LogP contribution in [0.15, 0.2) is 12.3 Å². The molecule has 0 saturated carbocycles. The summed E-state index contributed by atoms with van der Waals surface area (Å²) in [5.74, 6) is 0.596. The molecule has 0 aromatic rings. The predicted octanol–water partition coefficient (Wildman–Crippen LogP) is 1.88. The van der Waals surface area contributed by atoms with Crippen LogP contribution in [0, 0.1) is 0 Å². The standard InChI is InChI=1S/C6H12O2/c1-4-5-7-8-6(2)3/h2,4-5H2,1,3H3. The van der Waals surface area contributed by atoms with Crippen molar-refractivity contribution in [3.8, 4) is 0 Å². The van der Waals surface area contributed by atoms with Crippen LogP contribution < -0.4 is 0 Å². The van der Waals surface area contributed by atoms with Gasteiger partial charge in [0.15, 0.2) is 0 Å². The van der Waals surface area contributed by atoms with Crippen LogP contribution in [0.2, 0.25) is 0 Å². The summed E-state index contributed by atoms with van der Waals surface area (Å²) in [6.07, 6.45) is 0.966. The van der Waals surface area contributed by atoms with E-state index in [2.05, 4.69) is 16.4 Å². The Morgan fingerprint density at radius 2 is 2.25 bits per heavy atom. The van der Waals surface area contributed by atoms with E-state index in [0.29, 0.717) is 12.4 Å². The van der Waals surface area contributed by atoms with Gasteiger partial charge in [0, 0.05) is 0 Å². The van der Waals surface area contributed by atoms with E-state index in [-0.39, 0.29) is 0 Å². The third-order valence-electron chi connectivity index (χ3n) is 0.489. The lowest BCUT2D eigenvalue weighted by Crippen LogP contribution is -1.91. The van der Waals surface area contributed by atoms with Crippen molar-refractivity contribution in [3.63, 3.8) is 0 Å². The Hall–Kier alpha value is -0.500. The minimum absolute atomic E-state index is 0.596. The molecule has 8 heavy (non-hydrogen) atoms. The molecule has 0 aliphatic carbocycles. The van der Waals surface area contributed by atoms with Crippen molar-refractivity contribution >= 4 is 0 Å². The van der Waals surface area contributed by atoms with Crippen molar-refractivity contribution < 1.29 is 9.78 Å². The summed E-state index contributed by atoms with van der Waals surface area (Å²) < 4.78 is 0. The topological polar surface area (TPSA) is 18.5 Å². The van der Waals surface area contributed by atoms with Crippen LogP contribution in [0.5, 0.6) is 0 Å². The van der Waals surface area contributed by atoms with E-state index < -0.39 is 0 Å². The molecule has 0 heterocycles. The van der Waals surface area contributed by atoms with Gasteiger partial charge in [-0.3, -0.25) is 0 Å². The summed E-state index contributed by atoms with van der Waals surface area (Å²) in [4.78, 5) is 9.23. The number of hydrogen-bond acceptors (Lipinski definition) is 2. The van der Waals surface area contributed by atoms with E-state index in [1.54, 1.807) is 6.92 Å². The fraction of sp³-hybridized carbons (Fsp3) is 0.667. The molecule has 0 aromatic heterocycles. The van der Waals surface area contributed by atoms with E-state index in [0.717, 1.165) is 6.42 Å². The molecule has 0 rings (SSSR count).